The Balaban J connectivity index is 1.58. The number of hydrogen-bond donors (Lipinski definition) is 1. The van der Waals surface area contributed by atoms with Crippen molar-refractivity contribution in [3.05, 3.63) is 59.7 Å². The highest BCUT2D eigenvalue weighted by Crippen LogP contribution is 2.36. The molecule has 0 saturated heterocycles. The van der Waals surface area contributed by atoms with Crippen LogP contribution in [0, 0.1) is 0 Å². The van der Waals surface area contributed by atoms with Crippen molar-refractivity contribution in [2.75, 3.05) is 18.1 Å². The van der Waals surface area contributed by atoms with E-state index in [1.165, 1.54) is 0 Å². The van der Waals surface area contributed by atoms with Gasteiger partial charge in [0.05, 0.1) is 5.69 Å². The van der Waals surface area contributed by atoms with Gasteiger partial charge >= 0.3 is 0 Å². The monoisotopic (exact) mass is 380 g/mol. The maximum absolute atomic E-state index is 12.4. The van der Waals surface area contributed by atoms with Crippen molar-refractivity contribution >= 4 is 17.5 Å². The lowest BCUT2D eigenvalue weighted by Crippen LogP contribution is -2.40. The van der Waals surface area contributed by atoms with Gasteiger partial charge in [0, 0.05) is 19.5 Å². The summed E-state index contributed by atoms with van der Waals surface area (Å²) in [5, 5.41) is 2.93. The van der Waals surface area contributed by atoms with Crippen LogP contribution in [0.4, 0.5) is 5.69 Å². The minimum atomic E-state index is -0.0664. The zero-order chi connectivity index (χ0) is 20.1. The van der Waals surface area contributed by atoms with E-state index in [1.807, 2.05) is 48.5 Å². The number of rotatable bonds is 6. The Morgan fingerprint density at radius 2 is 1.89 bits per heavy atom. The fourth-order valence-corrected chi connectivity index (χ4v) is 3.20. The van der Waals surface area contributed by atoms with Crippen molar-refractivity contribution in [1.82, 2.24) is 5.32 Å². The van der Waals surface area contributed by atoms with Gasteiger partial charge in [-0.3, -0.25) is 9.59 Å². The first kappa shape index (κ1) is 19.9. The number of ether oxygens (including phenoxy) is 1. The van der Waals surface area contributed by atoms with Crippen LogP contribution in [0.1, 0.15) is 44.7 Å². The molecule has 0 aromatic heterocycles. The van der Waals surface area contributed by atoms with Gasteiger partial charge in [0.1, 0.15) is 5.75 Å². The molecule has 0 saturated carbocycles. The highest BCUT2D eigenvalue weighted by Gasteiger charge is 2.27. The zero-order valence-corrected chi connectivity index (χ0v) is 16.8. The van der Waals surface area contributed by atoms with Crippen LogP contribution in [-0.4, -0.2) is 25.0 Å². The lowest BCUT2D eigenvalue weighted by molar-refractivity contribution is -0.123. The Hall–Kier alpha value is -2.82. The molecule has 0 fully saturated rings. The molecule has 0 aliphatic carbocycles. The topological polar surface area (TPSA) is 58.6 Å². The van der Waals surface area contributed by atoms with Crippen molar-refractivity contribution in [3.63, 3.8) is 0 Å². The van der Waals surface area contributed by atoms with E-state index in [4.69, 9.17) is 4.74 Å². The normalized spacial score (nSPS) is 13.7. The van der Waals surface area contributed by atoms with Gasteiger partial charge in [-0.1, -0.05) is 57.2 Å². The van der Waals surface area contributed by atoms with Crippen LogP contribution in [0.5, 0.6) is 5.75 Å². The van der Waals surface area contributed by atoms with Gasteiger partial charge in [0.2, 0.25) is 5.91 Å². The standard InChI is InChI=1S/C23H28N2O3/c1-23(2,3)18-11-12-20-19(14-18)25(22(27)16-28-20)13-7-10-21(26)24-15-17-8-5-4-6-9-17/h4-6,8-9,11-12,14H,7,10,13,15-16H2,1-3H3,(H,24,26). The Labute approximate surface area is 166 Å². The van der Waals surface area contributed by atoms with E-state index in [-0.39, 0.29) is 23.8 Å². The summed E-state index contributed by atoms with van der Waals surface area (Å²) in [7, 11) is 0. The molecule has 148 valence electrons. The first-order valence-corrected chi connectivity index (χ1v) is 9.73. The first-order chi connectivity index (χ1) is 13.3. The van der Waals surface area contributed by atoms with Crippen molar-refractivity contribution in [3.8, 4) is 5.75 Å². The average molecular weight is 380 g/mol. The molecule has 0 spiro atoms. The SMILES string of the molecule is CC(C)(C)c1ccc2c(c1)N(CCCC(=O)NCc1ccccc1)C(=O)CO2. The Morgan fingerprint density at radius 3 is 2.61 bits per heavy atom. The van der Waals surface area contributed by atoms with Crippen LogP contribution in [0.15, 0.2) is 48.5 Å². The summed E-state index contributed by atoms with van der Waals surface area (Å²) in [5.74, 6) is 0.651. The maximum Gasteiger partial charge on any atom is 0.265 e. The second-order valence-corrected chi connectivity index (χ2v) is 8.13. The molecule has 2 aromatic carbocycles. The summed E-state index contributed by atoms with van der Waals surface area (Å²) in [4.78, 5) is 26.3. The minimum absolute atomic E-state index is 0.00627. The fourth-order valence-electron chi connectivity index (χ4n) is 3.20. The summed E-state index contributed by atoms with van der Waals surface area (Å²) in [6.07, 6.45) is 0.983. The Morgan fingerprint density at radius 1 is 1.14 bits per heavy atom. The van der Waals surface area contributed by atoms with E-state index in [0.29, 0.717) is 25.9 Å². The summed E-state index contributed by atoms with van der Waals surface area (Å²) >= 11 is 0. The molecule has 5 nitrogen and oxygen atoms in total. The highest BCUT2D eigenvalue weighted by molar-refractivity contribution is 5.98. The first-order valence-electron chi connectivity index (χ1n) is 9.73. The van der Waals surface area contributed by atoms with E-state index in [2.05, 4.69) is 26.1 Å². The molecule has 2 aromatic rings. The van der Waals surface area contributed by atoms with Gasteiger partial charge in [-0.25, -0.2) is 0 Å². The number of hydrogen-bond acceptors (Lipinski definition) is 3. The quantitative estimate of drug-likeness (QED) is 0.829. The highest BCUT2D eigenvalue weighted by atomic mass is 16.5. The smallest absolute Gasteiger partial charge is 0.265 e. The fraction of sp³-hybridized carbons (Fsp3) is 0.391. The Bertz CT molecular complexity index is 841. The average Bonchev–Trinajstić information content (AvgIpc) is 2.68. The van der Waals surface area contributed by atoms with E-state index >= 15 is 0 Å². The van der Waals surface area contributed by atoms with E-state index in [1.54, 1.807) is 4.90 Å². The summed E-state index contributed by atoms with van der Waals surface area (Å²) in [5.41, 5.74) is 3.00. The number of fused-ring (bicyclic) bond motifs is 1. The second kappa shape index (κ2) is 8.46. The molecule has 1 heterocycles. The lowest BCUT2D eigenvalue weighted by Gasteiger charge is -2.31. The van der Waals surface area contributed by atoms with Gasteiger partial charge < -0.3 is 15.0 Å². The van der Waals surface area contributed by atoms with Crippen LogP contribution in [0.25, 0.3) is 0 Å². The lowest BCUT2D eigenvalue weighted by atomic mass is 9.86. The predicted octanol–water partition coefficient (Wildman–Crippen LogP) is 3.81. The van der Waals surface area contributed by atoms with Crippen molar-refractivity contribution in [2.45, 2.75) is 45.6 Å². The van der Waals surface area contributed by atoms with Crippen LogP contribution >= 0.6 is 0 Å². The second-order valence-electron chi connectivity index (χ2n) is 8.13. The molecule has 1 aliphatic rings. The van der Waals surface area contributed by atoms with E-state index in [0.717, 1.165) is 22.6 Å². The number of benzene rings is 2. The third-order valence-corrected chi connectivity index (χ3v) is 4.89. The summed E-state index contributed by atoms with van der Waals surface area (Å²) in [6.45, 7) is 7.49. The predicted molar refractivity (Wildman–Crippen MR) is 111 cm³/mol. The number of amides is 2. The van der Waals surface area contributed by atoms with E-state index < -0.39 is 0 Å². The number of carbonyl (C=O) groups is 2. The molecule has 0 bridgehead atoms. The minimum Gasteiger partial charge on any atom is -0.482 e. The van der Waals surface area contributed by atoms with Crippen LogP contribution in [0.2, 0.25) is 0 Å². The number of nitrogens with zero attached hydrogens (tertiary/aromatic N) is 1. The third kappa shape index (κ3) is 4.91. The maximum atomic E-state index is 12.4. The molecule has 2 amide bonds. The number of carbonyl (C=O) groups excluding carboxylic acids is 2. The molecule has 1 N–H and O–H groups in total. The van der Waals surface area contributed by atoms with Gasteiger partial charge in [0.15, 0.2) is 6.61 Å². The Kier molecular flexibility index (Phi) is 6.02. The van der Waals surface area contributed by atoms with Crippen LogP contribution in [-0.2, 0) is 21.5 Å². The molecule has 0 unspecified atom stereocenters. The molecule has 5 heteroatoms. The van der Waals surface area contributed by atoms with Crippen molar-refractivity contribution < 1.29 is 14.3 Å². The van der Waals surface area contributed by atoms with Gasteiger partial charge in [-0.05, 0) is 35.1 Å². The third-order valence-electron chi connectivity index (χ3n) is 4.89. The molecule has 0 atom stereocenters. The van der Waals surface area contributed by atoms with Gasteiger partial charge in [-0.15, -0.1) is 0 Å². The number of anilines is 1. The zero-order valence-electron chi connectivity index (χ0n) is 16.8. The van der Waals surface area contributed by atoms with Crippen LogP contribution < -0.4 is 15.0 Å². The molecule has 0 radical (unpaired) electrons. The van der Waals surface area contributed by atoms with Crippen molar-refractivity contribution in [1.29, 1.82) is 0 Å². The van der Waals surface area contributed by atoms with Crippen LogP contribution in [0.3, 0.4) is 0 Å². The number of nitrogens with one attached hydrogen (secondary N) is 1. The molecular formula is C23H28N2O3. The van der Waals surface area contributed by atoms with Gasteiger partial charge in [0.25, 0.3) is 5.91 Å². The summed E-state index contributed by atoms with van der Waals surface area (Å²) < 4.78 is 5.58. The van der Waals surface area contributed by atoms with Crippen molar-refractivity contribution in [2.24, 2.45) is 0 Å². The van der Waals surface area contributed by atoms with Gasteiger partial charge in [-0.2, -0.15) is 0 Å². The summed E-state index contributed by atoms with van der Waals surface area (Å²) in [6, 6.07) is 15.8. The molecule has 1 aliphatic heterocycles. The molecule has 28 heavy (non-hydrogen) atoms. The largest absolute Gasteiger partial charge is 0.482 e. The molecular weight excluding hydrogens is 352 g/mol. The molecule has 3 rings (SSSR count). The van der Waals surface area contributed by atoms with E-state index in [9.17, 15) is 9.59 Å².